The number of benzene rings is 2. The monoisotopic (exact) mass is 392 g/mol. The van der Waals surface area contributed by atoms with E-state index in [2.05, 4.69) is 24.5 Å². The topological polar surface area (TPSA) is 80.6 Å². The van der Waals surface area contributed by atoms with E-state index in [0.717, 1.165) is 6.42 Å². The van der Waals surface area contributed by atoms with Crippen molar-refractivity contribution in [3.63, 3.8) is 0 Å². The number of nitrogens with one attached hydrogen (secondary N) is 2. The van der Waals surface area contributed by atoms with Crippen LogP contribution >= 0.6 is 0 Å². The Morgan fingerprint density at radius 2 is 1.72 bits per heavy atom. The second-order valence-electron chi connectivity index (χ2n) is 6.73. The Labute approximate surface area is 169 Å². The van der Waals surface area contributed by atoms with E-state index in [1.165, 1.54) is 11.8 Å². The molecule has 2 N–H and O–H groups in total. The van der Waals surface area contributed by atoms with E-state index in [0.29, 0.717) is 23.0 Å². The van der Waals surface area contributed by atoms with Gasteiger partial charge in [-0.3, -0.25) is 9.59 Å². The zero-order valence-corrected chi connectivity index (χ0v) is 16.5. The van der Waals surface area contributed by atoms with Crippen LogP contribution in [0, 0.1) is 0 Å². The molecule has 6 heteroatoms. The molecule has 3 rings (SSSR count). The molecule has 6 nitrogen and oxygen atoms in total. The summed E-state index contributed by atoms with van der Waals surface area (Å²) in [5.41, 5.74) is 2.35. The average molecular weight is 392 g/mol. The fourth-order valence-electron chi connectivity index (χ4n) is 2.75. The summed E-state index contributed by atoms with van der Waals surface area (Å²) in [6.07, 6.45) is 2.51. The van der Waals surface area contributed by atoms with E-state index >= 15 is 0 Å². The van der Waals surface area contributed by atoms with Crippen LogP contribution in [0.15, 0.2) is 71.3 Å². The lowest BCUT2D eigenvalue weighted by molar-refractivity contribution is -0.118. The van der Waals surface area contributed by atoms with E-state index in [1.54, 1.807) is 36.4 Å². The molecular weight excluding hydrogens is 368 g/mol. The molecule has 3 aromatic rings. The molecule has 1 aromatic heterocycles. The summed E-state index contributed by atoms with van der Waals surface area (Å²) in [4.78, 5) is 24.2. The van der Waals surface area contributed by atoms with Gasteiger partial charge in [0.1, 0.15) is 5.75 Å². The van der Waals surface area contributed by atoms with Gasteiger partial charge in [-0.05, 0) is 60.4 Å². The zero-order valence-electron chi connectivity index (χ0n) is 16.5. The second-order valence-corrected chi connectivity index (χ2v) is 6.73. The highest BCUT2D eigenvalue weighted by atomic mass is 16.5. The SMILES string of the molecule is CCC(C)c1ccc(OCC(=O)Nc2cccc(NC(=O)c3ccco3)c2)cc1. The molecule has 1 atom stereocenters. The maximum absolute atomic E-state index is 12.2. The molecule has 0 radical (unpaired) electrons. The van der Waals surface area contributed by atoms with Crippen LogP contribution in [-0.4, -0.2) is 18.4 Å². The fourth-order valence-corrected chi connectivity index (χ4v) is 2.75. The van der Waals surface area contributed by atoms with Gasteiger partial charge in [0.2, 0.25) is 0 Å². The molecule has 0 bridgehead atoms. The Balaban J connectivity index is 1.52. The first kappa shape index (κ1) is 20.2. The van der Waals surface area contributed by atoms with Crippen LogP contribution in [-0.2, 0) is 4.79 Å². The number of carbonyl (C=O) groups excluding carboxylic acids is 2. The van der Waals surface area contributed by atoms with Gasteiger partial charge in [-0.2, -0.15) is 0 Å². The van der Waals surface area contributed by atoms with Crippen LogP contribution in [0.4, 0.5) is 11.4 Å². The van der Waals surface area contributed by atoms with Crippen LogP contribution in [0.5, 0.6) is 5.75 Å². The minimum absolute atomic E-state index is 0.105. The first-order valence-corrected chi connectivity index (χ1v) is 9.52. The summed E-state index contributed by atoms with van der Waals surface area (Å²) in [6.45, 7) is 4.22. The Bertz CT molecular complexity index is 949. The third kappa shape index (κ3) is 5.72. The molecule has 29 heavy (non-hydrogen) atoms. The van der Waals surface area contributed by atoms with Crippen molar-refractivity contribution in [3.8, 4) is 5.75 Å². The van der Waals surface area contributed by atoms with Crippen LogP contribution in [0.25, 0.3) is 0 Å². The standard InChI is InChI=1S/C23H24N2O4/c1-3-16(2)17-9-11-20(12-10-17)29-15-22(26)24-18-6-4-7-19(14-18)25-23(27)21-8-5-13-28-21/h4-14,16H,3,15H2,1-2H3,(H,24,26)(H,25,27). The van der Waals surface area contributed by atoms with Crippen molar-refractivity contribution in [2.75, 3.05) is 17.2 Å². The van der Waals surface area contributed by atoms with E-state index < -0.39 is 0 Å². The Morgan fingerprint density at radius 3 is 2.38 bits per heavy atom. The predicted octanol–water partition coefficient (Wildman–Crippen LogP) is 5.06. The number of ether oxygens (including phenoxy) is 1. The largest absolute Gasteiger partial charge is 0.484 e. The molecule has 1 heterocycles. The molecular formula is C23H24N2O4. The van der Waals surface area contributed by atoms with E-state index in [4.69, 9.17) is 9.15 Å². The van der Waals surface area contributed by atoms with Crippen molar-refractivity contribution in [2.45, 2.75) is 26.2 Å². The second kappa shape index (κ2) is 9.59. The quantitative estimate of drug-likeness (QED) is 0.561. The molecule has 0 aliphatic carbocycles. The highest BCUT2D eigenvalue weighted by Gasteiger charge is 2.10. The molecule has 0 spiro atoms. The van der Waals surface area contributed by atoms with Gasteiger partial charge < -0.3 is 19.8 Å². The van der Waals surface area contributed by atoms with Crippen molar-refractivity contribution in [1.29, 1.82) is 0 Å². The molecule has 0 saturated carbocycles. The van der Waals surface area contributed by atoms with Crippen molar-refractivity contribution in [3.05, 3.63) is 78.3 Å². The summed E-state index contributed by atoms with van der Waals surface area (Å²) >= 11 is 0. The fraction of sp³-hybridized carbons (Fsp3) is 0.217. The Kier molecular flexibility index (Phi) is 6.68. The molecule has 1 unspecified atom stereocenters. The normalized spacial score (nSPS) is 11.5. The van der Waals surface area contributed by atoms with Crippen LogP contribution < -0.4 is 15.4 Å². The van der Waals surface area contributed by atoms with Gasteiger partial charge in [-0.25, -0.2) is 0 Å². The number of carbonyl (C=O) groups is 2. The lowest BCUT2D eigenvalue weighted by Gasteiger charge is -2.11. The maximum atomic E-state index is 12.2. The highest BCUT2D eigenvalue weighted by Crippen LogP contribution is 2.21. The third-order valence-corrected chi connectivity index (χ3v) is 4.58. The lowest BCUT2D eigenvalue weighted by atomic mass is 9.99. The van der Waals surface area contributed by atoms with Crippen molar-refractivity contribution in [1.82, 2.24) is 0 Å². The van der Waals surface area contributed by atoms with Gasteiger partial charge in [0.25, 0.3) is 11.8 Å². The molecule has 2 aromatic carbocycles. The summed E-state index contributed by atoms with van der Waals surface area (Å²) in [5, 5.41) is 5.48. The zero-order chi connectivity index (χ0) is 20.6. The van der Waals surface area contributed by atoms with Gasteiger partial charge in [0, 0.05) is 11.4 Å². The van der Waals surface area contributed by atoms with E-state index in [-0.39, 0.29) is 24.2 Å². The number of hydrogen-bond acceptors (Lipinski definition) is 4. The van der Waals surface area contributed by atoms with Crippen LogP contribution in [0.3, 0.4) is 0 Å². The molecule has 0 fully saturated rings. The smallest absolute Gasteiger partial charge is 0.291 e. The molecule has 0 aliphatic heterocycles. The Morgan fingerprint density at radius 1 is 1.00 bits per heavy atom. The maximum Gasteiger partial charge on any atom is 0.291 e. The molecule has 150 valence electrons. The van der Waals surface area contributed by atoms with E-state index in [1.807, 2.05) is 24.3 Å². The van der Waals surface area contributed by atoms with E-state index in [9.17, 15) is 9.59 Å². The van der Waals surface area contributed by atoms with Gasteiger partial charge in [-0.1, -0.05) is 32.0 Å². The first-order chi connectivity index (χ1) is 14.0. The van der Waals surface area contributed by atoms with Gasteiger partial charge in [0.15, 0.2) is 12.4 Å². The van der Waals surface area contributed by atoms with Gasteiger partial charge in [-0.15, -0.1) is 0 Å². The molecule has 2 amide bonds. The van der Waals surface area contributed by atoms with Crippen molar-refractivity contribution < 1.29 is 18.7 Å². The number of amides is 2. The number of anilines is 2. The summed E-state index contributed by atoms with van der Waals surface area (Å²) < 4.78 is 10.6. The average Bonchev–Trinajstić information content (AvgIpc) is 3.27. The number of rotatable bonds is 8. The Hall–Kier alpha value is -3.54. The third-order valence-electron chi connectivity index (χ3n) is 4.58. The first-order valence-electron chi connectivity index (χ1n) is 9.52. The minimum atomic E-state index is -0.359. The highest BCUT2D eigenvalue weighted by molar-refractivity contribution is 6.02. The van der Waals surface area contributed by atoms with Crippen molar-refractivity contribution >= 4 is 23.2 Å². The molecule has 0 saturated heterocycles. The van der Waals surface area contributed by atoms with Crippen molar-refractivity contribution in [2.24, 2.45) is 0 Å². The predicted molar refractivity (Wildman–Crippen MR) is 112 cm³/mol. The number of furan rings is 1. The van der Waals surface area contributed by atoms with Gasteiger partial charge >= 0.3 is 0 Å². The summed E-state index contributed by atoms with van der Waals surface area (Å²) in [7, 11) is 0. The molecule has 0 aliphatic rings. The number of hydrogen-bond donors (Lipinski definition) is 2. The van der Waals surface area contributed by atoms with Crippen LogP contribution in [0.1, 0.15) is 42.3 Å². The summed E-state index contributed by atoms with van der Waals surface area (Å²) in [5.74, 6) is 0.708. The lowest BCUT2D eigenvalue weighted by Crippen LogP contribution is -2.20. The minimum Gasteiger partial charge on any atom is -0.484 e. The van der Waals surface area contributed by atoms with Crippen LogP contribution in [0.2, 0.25) is 0 Å². The van der Waals surface area contributed by atoms with Gasteiger partial charge in [0.05, 0.1) is 6.26 Å². The summed E-state index contributed by atoms with van der Waals surface area (Å²) in [6, 6.07) is 17.9.